The molecule has 1 N–H and O–H groups in total. The van der Waals surface area contributed by atoms with E-state index < -0.39 is 0 Å². The Morgan fingerprint density at radius 2 is 2.33 bits per heavy atom. The van der Waals surface area contributed by atoms with Crippen molar-refractivity contribution < 1.29 is 5.11 Å². The third kappa shape index (κ3) is 2.76. The summed E-state index contributed by atoms with van der Waals surface area (Å²) in [6.45, 7) is 0.873. The fourth-order valence-electron chi connectivity index (χ4n) is 2.21. The van der Waals surface area contributed by atoms with Crippen LogP contribution in [0, 0.1) is 0 Å². The molecule has 1 aliphatic rings. The van der Waals surface area contributed by atoms with Crippen LogP contribution in [0.4, 0.5) is 0 Å². The molecule has 15 heavy (non-hydrogen) atoms. The second-order valence-corrected chi connectivity index (χ2v) is 4.36. The standard InChI is InChI=1S/C12H18N2O/c1-14(11-5-6-12(15)8-11)9-10-4-2-3-7-13-10/h2-4,7,11-12,15H,5-6,8-9H2,1H3. The number of aliphatic hydroxyl groups excluding tert-OH is 1. The van der Waals surface area contributed by atoms with Crippen molar-refractivity contribution >= 4 is 0 Å². The number of rotatable bonds is 3. The Morgan fingerprint density at radius 1 is 1.47 bits per heavy atom. The molecule has 1 aromatic rings. The highest BCUT2D eigenvalue weighted by Gasteiger charge is 2.25. The number of hydrogen-bond acceptors (Lipinski definition) is 3. The van der Waals surface area contributed by atoms with Crippen molar-refractivity contribution in [1.29, 1.82) is 0 Å². The van der Waals surface area contributed by atoms with Crippen molar-refractivity contribution in [2.45, 2.75) is 38.0 Å². The summed E-state index contributed by atoms with van der Waals surface area (Å²) in [4.78, 5) is 6.60. The Hall–Kier alpha value is -0.930. The molecular weight excluding hydrogens is 188 g/mol. The Bertz CT molecular complexity index is 302. The summed E-state index contributed by atoms with van der Waals surface area (Å²) >= 11 is 0. The molecule has 0 radical (unpaired) electrons. The average molecular weight is 206 g/mol. The van der Waals surface area contributed by atoms with E-state index in [9.17, 15) is 5.11 Å². The second kappa shape index (κ2) is 4.73. The van der Waals surface area contributed by atoms with Gasteiger partial charge in [0.05, 0.1) is 11.8 Å². The molecule has 0 aromatic carbocycles. The fourth-order valence-corrected chi connectivity index (χ4v) is 2.21. The van der Waals surface area contributed by atoms with Gasteiger partial charge in [-0.05, 0) is 38.4 Å². The van der Waals surface area contributed by atoms with Crippen LogP contribution >= 0.6 is 0 Å². The van der Waals surface area contributed by atoms with Gasteiger partial charge in [0, 0.05) is 18.8 Å². The Kier molecular flexibility index (Phi) is 3.34. The molecule has 3 nitrogen and oxygen atoms in total. The van der Waals surface area contributed by atoms with E-state index in [0.29, 0.717) is 6.04 Å². The number of aliphatic hydroxyl groups is 1. The number of nitrogens with zero attached hydrogens (tertiary/aromatic N) is 2. The van der Waals surface area contributed by atoms with Gasteiger partial charge in [0.25, 0.3) is 0 Å². The van der Waals surface area contributed by atoms with Crippen molar-refractivity contribution in [1.82, 2.24) is 9.88 Å². The minimum absolute atomic E-state index is 0.0961. The predicted octanol–water partition coefficient (Wildman–Crippen LogP) is 1.43. The summed E-state index contributed by atoms with van der Waals surface area (Å²) in [6, 6.07) is 6.51. The maximum Gasteiger partial charge on any atom is 0.0555 e. The first-order valence-corrected chi connectivity index (χ1v) is 5.54. The molecule has 0 spiro atoms. The van der Waals surface area contributed by atoms with Gasteiger partial charge in [-0.25, -0.2) is 0 Å². The van der Waals surface area contributed by atoms with E-state index in [1.165, 1.54) is 0 Å². The molecule has 1 aliphatic carbocycles. The molecule has 1 heterocycles. The van der Waals surface area contributed by atoms with Crippen LogP contribution in [0.2, 0.25) is 0 Å². The third-order valence-electron chi connectivity index (χ3n) is 3.14. The lowest BCUT2D eigenvalue weighted by Gasteiger charge is -2.23. The molecule has 82 valence electrons. The van der Waals surface area contributed by atoms with Crippen LogP contribution in [0.5, 0.6) is 0 Å². The molecule has 2 atom stereocenters. The number of aromatic nitrogens is 1. The minimum atomic E-state index is -0.0961. The topological polar surface area (TPSA) is 36.4 Å². The van der Waals surface area contributed by atoms with Crippen LogP contribution in [0.3, 0.4) is 0 Å². The van der Waals surface area contributed by atoms with E-state index in [2.05, 4.69) is 16.9 Å². The summed E-state index contributed by atoms with van der Waals surface area (Å²) in [5.41, 5.74) is 1.10. The quantitative estimate of drug-likeness (QED) is 0.812. The van der Waals surface area contributed by atoms with Gasteiger partial charge in [0.15, 0.2) is 0 Å². The van der Waals surface area contributed by atoms with Gasteiger partial charge in [-0.2, -0.15) is 0 Å². The largest absolute Gasteiger partial charge is 0.393 e. The average Bonchev–Trinajstić information content (AvgIpc) is 2.66. The van der Waals surface area contributed by atoms with E-state index in [-0.39, 0.29) is 6.10 Å². The van der Waals surface area contributed by atoms with Crippen molar-refractivity contribution in [2.24, 2.45) is 0 Å². The molecule has 1 saturated carbocycles. The summed E-state index contributed by atoms with van der Waals surface area (Å²) in [5, 5.41) is 9.47. The van der Waals surface area contributed by atoms with E-state index in [4.69, 9.17) is 0 Å². The maximum absolute atomic E-state index is 9.47. The Labute approximate surface area is 90.8 Å². The van der Waals surface area contributed by atoms with Crippen molar-refractivity contribution in [3.05, 3.63) is 30.1 Å². The molecule has 2 rings (SSSR count). The highest BCUT2D eigenvalue weighted by atomic mass is 16.3. The van der Waals surface area contributed by atoms with Crippen LogP contribution in [0.25, 0.3) is 0 Å². The number of hydrogen-bond donors (Lipinski definition) is 1. The van der Waals surface area contributed by atoms with Gasteiger partial charge in [0.2, 0.25) is 0 Å². The Balaban J connectivity index is 1.90. The van der Waals surface area contributed by atoms with Gasteiger partial charge in [-0.1, -0.05) is 6.07 Å². The first-order valence-electron chi connectivity index (χ1n) is 5.54. The molecule has 3 heteroatoms. The van der Waals surface area contributed by atoms with E-state index in [1.54, 1.807) is 0 Å². The van der Waals surface area contributed by atoms with Crippen LogP contribution in [0.1, 0.15) is 25.0 Å². The lowest BCUT2D eigenvalue weighted by atomic mass is 10.2. The summed E-state index contributed by atoms with van der Waals surface area (Å²) in [5.74, 6) is 0. The lowest BCUT2D eigenvalue weighted by molar-refractivity contribution is 0.160. The predicted molar refractivity (Wildman–Crippen MR) is 59.3 cm³/mol. The van der Waals surface area contributed by atoms with Crippen LogP contribution < -0.4 is 0 Å². The first kappa shape index (κ1) is 10.6. The zero-order chi connectivity index (χ0) is 10.7. The normalized spacial score (nSPS) is 26.1. The second-order valence-electron chi connectivity index (χ2n) is 4.36. The lowest BCUT2D eigenvalue weighted by Crippen LogP contribution is -2.29. The monoisotopic (exact) mass is 206 g/mol. The molecule has 2 unspecified atom stereocenters. The molecular formula is C12H18N2O. The first-order chi connectivity index (χ1) is 7.25. The molecule has 0 bridgehead atoms. The summed E-state index contributed by atoms with van der Waals surface area (Å²) in [7, 11) is 2.11. The van der Waals surface area contributed by atoms with Gasteiger partial charge >= 0.3 is 0 Å². The highest BCUT2D eigenvalue weighted by molar-refractivity contribution is 5.03. The Morgan fingerprint density at radius 3 is 2.93 bits per heavy atom. The fraction of sp³-hybridized carbons (Fsp3) is 0.583. The van der Waals surface area contributed by atoms with Gasteiger partial charge in [0.1, 0.15) is 0 Å². The molecule has 0 amide bonds. The maximum atomic E-state index is 9.47. The van der Waals surface area contributed by atoms with Crippen LogP contribution in [-0.4, -0.2) is 34.2 Å². The number of pyridine rings is 1. The van der Waals surface area contributed by atoms with Crippen LogP contribution in [-0.2, 0) is 6.54 Å². The van der Waals surface area contributed by atoms with Crippen molar-refractivity contribution in [2.75, 3.05) is 7.05 Å². The minimum Gasteiger partial charge on any atom is -0.393 e. The SMILES string of the molecule is CN(Cc1ccccn1)C1CCC(O)C1. The summed E-state index contributed by atoms with van der Waals surface area (Å²) < 4.78 is 0. The van der Waals surface area contributed by atoms with Crippen LogP contribution in [0.15, 0.2) is 24.4 Å². The van der Waals surface area contributed by atoms with Gasteiger partial charge in [-0.15, -0.1) is 0 Å². The molecule has 1 fully saturated rings. The van der Waals surface area contributed by atoms with Gasteiger partial charge in [-0.3, -0.25) is 9.88 Å². The molecule has 0 aliphatic heterocycles. The third-order valence-corrected chi connectivity index (χ3v) is 3.14. The summed E-state index contributed by atoms with van der Waals surface area (Å²) in [6.07, 6.45) is 4.68. The van der Waals surface area contributed by atoms with E-state index in [1.807, 2.05) is 24.4 Å². The smallest absolute Gasteiger partial charge is 0.0555 e. The van der Waals surface area contributed by atoms with E-state index >= 15 is 0 Å². The zero-order valence-electron chi connectivity index (χ0n) is 9.13. The zero-order valence-corrected chi connectivity index (χ0v) is 9.13. The van der Waals surface area contributed by atoms with Gasteiger partial charge < -0.3 is 5.11 Å². The van der Waals surface area contributed by atoms with Crippen molar-refractivity contribution in [3.63, 3.8) is 0 Å². The van der Waals surface area contributed by atoms with Crippen molar-refractivity contribution in [3.8, 4) is 0 Å². The highest BCUT2D eigenvalue weighted by Crippen LogP contribution is 2.23. The van der Waals surface area contributed by atoms with E-state index in [0.717, 1.165) is 31.5 Å². The molecule has 1 aromatic heterocycles. The molecule has 0 saturated heterocycles.